The summed E-state index contributed by atoms with van der Waals surface area (Å²) in [6.45, 7) is 4.95. The number of nitrogens with zero attached hydrogens (tertiary/aromatic N) is 1. The lowest BCUT2D eigenvalue weighted by atomic mass is 9.85. The molecule has 0 saturated heterocycles. The Bertz CT molecular complexity index is 1400. The van der Waals surface area contributed by atoms with Gasteiger partial charge in [-0.2, -0.15) is 0 Å². The molecular weight excluding hydrogens is 598 g/mol. The molecule has 0 saturated carbocycles. The summed E-state index contributed by atoms with van der Waals surface area (Å²) >= 11 is 1.52. The molecule has 3 aromatic rings. The lowest BCUT2D eigenvalue weighted by Crippen LogP contribution is -2.57. The Balaban J connectivity index is 1.87. The number of benzene rings is 2. The number of aliphatic hydroxyl groups is 1. The molecule has 6 N–H and O–H groups in total. The first-order chi connectivity index (χ1) is 21.3. The molecule has 0 spiro atoms. The monoisotopic (exact) mass is 639 g/mol. The molecule has 0 fully saturated rings. The van der Waals surface area contributed by atoms with Crippen molar-refractivity contribution in [3.05, 3.63) is 77.3 Å². The van der Waals surface area contributed by atoms with Crippen LogP contribution in [0.1, 0.15) is 38.3 Å². The Morgan fingerprint density at radius 2 is 1.60 bits per heavy atom. The van der Waals surface area contributed by atoms with Gasteiger partial charge in [0.2, 0.25) is 11.8 Å². The molecule has 2 aromatic carbocycles. The number of rotatable bonds is 14. The number of thiazole rings is 1. The number of carbonyl (C=O) groups is 4. The normalized spacial score (nSPS) is 13.9. The van der Waals surface area contributed by atoms with E-state index in [9.17, 15) is 24.3 Å². The Kier molecular flexibility index (Phi) is 12.9. The highest BCUT2D eigenvalue weighted by molar-refractivity contribution is 7.13. The Labute approximate surface area is 266 Å². The first-order valence-corrected chi connectivity index (χ1v) is 15.4. The molecule has 45 heavy (non-hydrogen) atoms. The summed E-state index contributed by atoms with van der Waals surface area (Å²) in [7, 11) is 1.22. The second-order valence-electron chi connectivity index (χ2n) is 11.7. The average molecular weight is 640 g/mol. The smallest absolute Gasteiger partial charge is 0.407 e. The van der Waals surface area contributed by atoms with E-state index in [-0.39, 0.29) is 12.8 Å². The number of nitrogens with one attached hydrogen (secondary N) is 4. The standard InChI is InChI=1S/C32H41N5O7S/c1-32(2,3)27(37-31(43)44-4)28(40)35-23(16-21-10-12-22(13-11-21)29-33-14-15-45-29)18-25(38)24(17-20-8-6-5-7-9-20)36-26(39)19-34-30(41)42/h5-15,23-25,27,34,38H,16-19H2,1-4H3,(H,35,40)(H,36,39)(H,37,43)(H,41,42)/t23-,24-,25-,27+/m0/s1. The molecule has 0 unspecified atom stereocenters. The van der Waals surface area contributed by atoms with Crippen molar-refractivity contribution in [1.29, 1.82) is 0 Å². The molecule has 1 heterocycles. The zero-order valence-corrected chi connectivity index (χ0v) is 26.6. The highest BCUT2D eigenvalue weighted by Gasteiger charge is 2.35. The van der Waals surface area contributed by atoms with E-state index in [1.165, 1.54) is 18.4 Å². The van der Waals surface area contributed by atoms with Gasteiger partial charge in [-0.25, -0.2) is 14.6 Å². The summed E-state index contributed by atoms with van der Waals surface area (Å²) in [4.78, 5) is 53.5. The van der Waals surface area contributed by atoms with Crippen molar-refractivity contribution in [2.24, 2.45) is 5.41 Å². The van der Waals surface area contributed by atoms with Crippen LogP contribution < -0.4 is 21.3 Å². The van der Waals surface area contributed by atoms with Gasteiger partial charge in [-0.1, -0.05) is 75.4 Å². The van der Waals surface area contributed by atoms with Crippen molar-refractivity contribution in [3.63, 3.8) is 0 Å². The van der Waals surface area contributed by atoms with Gasteiger partial charge in [-0.15, -0.1) is 11.3 Å². The van der Waals surface area contributed by atoms with Gasteiger partial charge in [-0.05, 0) is 35.8 Å². The zero-order chi connectivity index (χ0) is 33.0. The highest BCUT2D eigenvalue weighted by atomic mass is 32.1. The van der Waals surface area contributed by atoms with Crippen LogP contribution in [0.5, 0.6) is 0 Å². The third-order valence-corrected chi connectivity index (χ3v) is 7.90. The number of hydrogen-bond donors (Lipinski definition) is 6. The minimum Gasteiger partial charge on any atom is -0.465 e. The van der Waals surface area contributed by atoms with Gasteiger partial charge in [0.15, 0.2) is 0 Å². The maximum atomic E-state index is 13.6. The third kappa shape index (κ3) is 11.5. The van der Waals surface area contributed by atoms with E-state index in [0.717, 1.165) is 21.7 Å². The van der Waals surface area contributed by atoms with Crippen molar-refractivity contribution in [3.8, 4) is 10.6 Å². The van der Waals surface area contributed by atoms with Crippen LogP contribution in [0.3, 0.4) is 0 Å². The first-order valence-electron chi connectivity index (χ1n) is 14.5. The van der Waals surface area contributed by atoms with Gasteiger partial charge in [-0.3, -0.25) is 9.59 Å². The molecular formula is C32H41N5O7S. The van der Waals surface area contributed by atoms with E-state index in [4.69, 9.17) is 9.84 Å². The van der Waals surface area contributed by atoms with Gasteiger partial charge in [0.05, 0.1) is 25.8 Å². The Morgan fingerprint density at radius 3 is 2.18 bits per heavy atom. The van der Waals surface area contributed by atoms with E-state index in [1.807, 2.05) is 86.1 Å². The van der Waals surface area contributed by atoms with E-state index in [2.05, 4.69) is 20.9 Å². The van der Waals surface area contributed by atoms with E-state index in [0.29, 0.717) is 6.42 Å². The molecule has 0 aliphatic carbocycles. The molecule has 242 valence electrons. The molecule has 0 radical (unpaired) electrons. The van der Waals surface area contributed by atoms with Crippen molar-refractivity contribution >= 4 is 35.3 Å². The predicted octanol–water partition coefficient (Wildman–Crippen LogP) is 3.35. The van der Waals surface area contributed by atoms with E-state index >= 15 is 0 Å². The Hall–Kier alpha value is -4.49. The maximum absolute atomic E-state index is 13.6. The van der Waals surface area contributed by atoms with Gasteiger partial charge < -0.3 is 36.2 Å². The van der Waals surface area contributed by atoms with Gasteiger partial charge >= 0.3 is 12.2 Å². The van der Waals surface area contributed by atoms with Crippen LogP contribution in [-0.2, 0) is 27.2 Å². The number of carbonyl (C=O) groups excluding carboxylic acids is 3. The largest absolute Gasteiger partial charge is 0.465 e. The predicted molar refractivity (Wildman–Crippen MR) is 171 cm³/mol. The minimum absolute atomic E-state index is 0.0409. The maximum Gasteiger partial charge on any atom is 0.407 e. The zero-order valence-electron chi connectivity index (χ0n) is 25.8. The summed E-state index contributed by atoms with van der Waals surface area (Å²) < 4.78 is 4.74. The van der Waals surface area contributed by atoms with Gasteiger partial charge in [0.25, 0.3) is 0 Å². The molecule has 0 aliphatic heterocycles. The van der Waals surface area contributed by atoms with Crippen LogP contribution in [0.4, 0.5) is 9.59 Å². The summed E-state index contributed by atoms with van der Waals surface area (Å²) in [5, 5.41) is 33.6. The fourth-order valence-electron chi connectivity index (χ4n) is 4.78. The molecule has 0 aliphatic rings. The molecule has 3 rings (SSSR count). The van der Waals surface area contributed by atoms with Crippen LogP contribution in [0.15, 0.2) is 66.2 Å². The summed E-state index contributed by atoms with van der Waals surface area (Å²) in [6, 6.07) is 14.6. The van der Waals surface area contributed by atoms with Gasteiger partial charge in [0, 0.05) is 23.2 Å². The number of carboxylic acid groups (broad SMARTS) is 1. The minimum atomic E-state index is -1.34. The van der Waals surface area contributed by atoms with Gasteiger partial charge in [0.1, 0.15) is 11.0 Å². The number of aliphatic hydroxyl groups excluding tert-OH is 1. The van der Waals surface area contributed by atoms with Crippen molar-refractivity contribution in [2.45, 2.75) is 64.3 Å². The molecule has 1 aromatic heterocycles. The molecule has 0 bridgehead atoms. The quantitative estimate of drug-likeness (QED) is 0.155. The van der Waals surface area contributed by atoms with Crippen LogP contribution >= 0.6 is 11.3 Å². The van der Waals surface area contributed by atoms with Crippen LogP contribution in [0.25, 0.3) is 10.6 Å². The summed E-state index contributed by atoms with van der Waals surface area (Å²) in [6.07, 6.45) is -0.860. The number of hydrogen-bond acceptors (Lipinski definition) is 8. The number of ether oxygens (including phenoxy) is 1. The second-order valence-corrected chi connectivity index (χ2v) is 12.6. The summed E-state index contributed by atoms with van der Waals surface area (Å²) in [5.74, 6) is -1.07. The third-order valence-electron chi connectivity index (χ3n) is 7.07. The Morgan fingerprint density at radius 1 is 0.933 bits per heavy atom. The molecule has 12 nitrogen and oxygen atoms in total. The van der Waals surface area contributed by atoms with Crippen molar-refractivity contribution in [1.82, 2.24) is 26.3 Å². The number of amides is 4. The van der Waals surface area contributed by atoms with E-state index < -0.39 is 60.2 Å². The molecule has 4 amide bonds. The highest BCUT2D eigenvalue weighted by Crippen LogP contribution is 2.24. The number of alkyl carbamates (subject to hydrolysis) is 1. The van der Waals surface area contributed by atoms with E-state index in [1.54, 1.807) is 6.20 Å². The lowest BCUT2D eigenvalue weighted by Gasteiger charge is -2.33. The van der Waals surface area contributed by atoms with Crippen molar-refractivity contribution < 1.29 is 34.1 Å². The fourth-order valence-corrected chi connectivity index (χ4v) is 5.43. The van der Waals surface area contributed by atoms with Crippen molar-refractivity contribution in [2.75, 3.05) is 13.7 Å². The number of aromatic nitrogens is 1. The topological polar surface area (TPSA) is 179 Å². The average Bonchev–Trinajstić information content (AvgIpc) is 3.54. The first kappa shape index (κ1) is 35.0. The fraction of sp³-hybridized carbons (Fsp3) is 0.406. The number of methoxy groups -OCH3 is 1. The van der Waals surface area contributed by atoms with Crippen LogP contribution in [-0.4, -0.2) is 77.1 Å². The molecule has 4 atom stereocenters. The lowest BCUT2D eigenvalue weighted by molar-refractivity contribution is -0.126. The second kappa shape index (κ2) is 16.5. The molecule has 13 heteroatoms. The SMILES string of the molecule is COC(=O)N[C@H](C(=O)N[C@@H](Cc1ccc(-c2nccs2)cc1)C[C@H](O)[C@H](Cc1ccccc1)NC(=O)CNC(=O)O)C(C)(C)C. The van der Waals surface area contributed by atoms with Crippen LogP contribution in [0.2, 0.25) is 0 Å². The summed E-state index contributed by atoms with van der Waals surface area (Å²) in [5.41, 5.74) is 2.01. The van der Waals surface area contributed by atoms with Crippen LogP contribution in [0, 0.1) is 5.41 Å².